The molecule has 0 saturated carbocycles. The highest BCUT2D eigenvalue weighted by atomic mass is 79.9. The monoisotopic (exact) mass is 520 g/mol. The van der Waals surface area contributed by atoms with Gasteiger partial charge in [-0.05, 0) is 79.3 Å². The second kappa shape index (κ2) is 10.6. The molecule has 170 valence electrons. The second-order valence-corrected chi connectivity index (χ2v) is 10.7. The van der Waals surface area contributed by atoms with E-state index in [2.05, 4.69) is 107 Å². The molecule has 1 N–H and O–H groups in total. The molecule has 33 heavy (non-hydrogen) atoms. The van der Waals surface area contributed by atoms with Gasteiger partial charge in [0.1, 0.15) is 0 Å². The molecule has 0 saturated heterocycles. The van der Waals surface area contributed by atoms with Gasteiger partial charge >= 0.3 is 0 Å². The third-order valence-corrected chi connectivity index (χ3v) is 7.11. The molecule has 3 aromatic carbocycles. The molecule has 3 nitrogen and oxygen atoms in total. The zero-order valence-electron chi connectivity index (χ0n) is 19.3. The molecule has 0 spiro atoms. The summed E-state index contributed by atoms with van der Waals surface area (Å²) in [5, 5.41) is 4.17. The normalized spacial score (nSPS) is 11.3. The average molecular weight is 522 g/mol. The molecule has 4 aromatic rings. The molecule has 0 aliphatic heterocycles. The first-order chi connectivity index (χ1) is 15.9. The van der Waals surface area contributed by atoms with E-state index >= 15 is 0 Å². The number of rotatable bonds is 8. The predicted octanol–water partition coefficient (Wildman–Crippen LogP) is 7.62. The molecule has 1 aromatic heterocycles. The Bertz CT molecular complexity index is 1240. The highest BCUT2D eigenvalue weighted by molar-refractivity contribution is 9.10. The van der Waals surface area contributed by atoms with E-state index < -0.39 is 0 Å². The SMILES string of the molecule is CCSc1ccc(CNC(=O)c2ccc3c(c2)cc(Cc2ccc(Br)cc2)n3C(C)C)cc1. The van der Waals surface area contributed by atoms with Crippen LogP contribution in [-0.2, 0) is 13.0 Å². The molecule has 0 radical (unpaired) electrons. The summed E-state index contributed by atoms with van der Waals surface area (Å²) in [5.41, 5.74) is 5.48. The van der Waals surface area contributed by atoms with E-state index in [1.807, 2.05) is 23.9 Å². The molecule has 0 aliphatic carbocycles. The Kier molecular flexibility index (Phi) is 7.61. The molecular weight excluding hydrogens is 492 g/mol. The molecule has 1 heterocycles. The molecule has 0 atom stereocenters. The summed E-state index contributed by atoms with van der Waals surface area (Å²) >= 11 is 5.33. The van der Waals surface area contributed by atoms with Gasteiger partial charge in [-0.3, -0.25) is 4.79 Å². The zero-order valence-corrected chi connectivity index (χ0v) is 21.7. The molecule has 0 bridgehead atoms. The van der Waals surface area contributed by atoms with Gasteiger partial charge in [0.25, 0.3) is 5.91 Å². The van der Waals surface area contributed by atoms with Crippen LogP contribution in [0.4, 0.5) is 0 Å². The fourth-order valence-electron chi connectivity index (χ4n) is 4.15. The van der Waals surface area contributed by atoms with Crippen molar-refractivity contribution in [1.29, 1.82) is 0 Å². The van der Waals surface area contributed by atoms with Crippen LogP contribution >= 0.6 is 27.7 Å². The highest BCUT2D eigenvalue weighted by Crippen LogP contribution is 2.27. The Hall–Kier alpha value is -2.50. The van der Waals surface area contributed by atoms with Gasteiger partial charge in [0, 0.05) is 50.5 Å². The molecule has 0 fully saturated rings. The highest BCUT2D eigenvalue weighted by Gasteiger charge is 2.14. The maximum absolute atomic E-state index is 12.9. The van der Waals surface area contributed by atoms with Crippen molar-refractivity contribution in [3.05, 3.63) is 99.7 Å². The third-order valence-electron chi connectivity index (χ3n) is 5.68. The number of carbonyl (C=O) groups is 1. The number of hydrogen-bond donors (Lipinski definition) is 1. The van der Waals surface area contributed by atoms with Gasteiger partial charge in [-0.25, -0.2) is 0 Å². The third kappa shape index (κ3) is 5.71. The Morgan fingerprint density at radius 2 is 1.67 bits per heavy atom. The van der Waals surface area contributed by atoms with Gasteiger partial charge in [0.05, 0.1) is 0 Å². The van der Waals surface area contributed by atoms with Gasteiger partial charge in [-0.1, -0.05) is 47.1 Å². The second-order valence-electron chi connectivity index (χ2n) is 8.44. The maximum atomic E-state index is 12.9. The van der Waals surface area contributed by atoms with E-state index in [1.165, 1.54) is 16.2 Å². The number of halogens is 1. The van der Waals surface area contributed by atoms with Crippen LogP contribution in [0.2, 0.25) is 0 Å². The summed E-state index contributed by atoms with van der Waals surface area (Å²) in [6.07, 6.45) is 0.855. The van der Waals surface area contributed by atoms with E-state index in [-0.39, 0.29) is 5.91 Å². The van der Waals surface area contributed by atoms with Crippen LogP contribution in [0.25, 0.3) is 10.9 Å². The summed E-state index contributed by atoms with van der Waals surface area (Å²) in [5.74, 6) is 1.01. The Balaban J connectivity index is 1.52. The Morgan fingerprint density at radius 1 is 0.970 bits per heavy atom. The summed E-state index contributed by atoms with van der Waals surface area (Å²) in [6, 6.07) is 25.4. The number of benzene rings is 3. The average Bonchev–Trinajstić information content (AvgIpc) is 3.17. The number of carbonyl (C=O) groups excluding carboxylic acids is 1. The van der Waals surface area contributed by atoms with E-state index in [0.717, 1.165) is 33.1 Å². The topological polar surface area (TPSA) is 34.0 Å². The summed E-state index contributed by atoms with van der Waals surface area (Å²) < 4.78 is 3.46. The smallest absolute Gasteiger partial charge is 0.251 e. The lowest BCUT2D eigenvalue weighted by molar-refractivity contribution is 0.0951. The number of nitrogens with one attached hydrogen (secondary N) is 1. The minimum absolute atomic E-state index is 0.0457. The number of aromatic nitrogens is 1. The number of nitrogens with zero attached hydrogens (tertiary/aromatic N) is 1. The van der Waals surface area contributed by atoms with Crippen molar-refractivity contribution in [1.82, 2.24) is 9.88 Å². The van der Waals surface area contributed by atoms with Gasteiger partial charge in [-0.15, -0.1) is 11.8 Å². The standard InChI is InChI=1S/C28H29BrN2OS/c1-4-33-26-12-7-21(8-13-26)18-30-28(32)22-9-14-27-23(16-22)17-25(31(27)19(2)3)15-20-5-10-24(29)11-6-20/h5-14,16-17,19H,4,15,18H2,1-3H3,(H,30,32). The van der Waals surface area contributed by atoms with Crippen molar-refractivity contribution in [2.24, 2.45) is 0 Å². The summed E-state index contributed by atoms with van der Waals surface area (Å²) in [7, 11) is 0. The predicted molar refractivity (Wildman–Crippen MR) is 143 cm³/mol. The minimum atomic E-state index is -0.0457. The van der Waals surface area contributed by atoms with E-state index in [9.17, 15) is 4.79 Å². The van der Waals surface area contributed by atoms with Crippen LogP contribution in [0.15, 0.2) is 82.2 Å². The van der Waals surface area contributed by atoms with Crippen LogP contribution in [0.3, 0.4) is 0 Å². The number of thioether (sulfide) groups is 1. The zero-order chi connectivity index (χ0) is 23.4. The molecule has 0 unspecified atom stereocenters. The first-order valence-electron chi connectivity index (χ1n) is 11.3. The van der Waals surface area contributed by atoms with Gasteiger partial charge in [-0.2, -0.15) is 0 Å². The van der Waals surface area contributed by atoms with Gasteiger partial charge in [0.2, 0.25) is 0 Å². The minimum Gasteiger partial charge on any atom is -0.348 e. The Labute approximate surface area is 208 Å². The fourth-order valence-corrected chi connectivity index (χ4v) is 5.07. The number of fused-ring (bicyclic) bond motifs is 1. The van der Waals surface area contributed by atoms with Crippen molar-refractivity contribution in [2.45, 2.75) is 44.7 Å². The van der Waals surface area contributed by atoms with Crippen LogP contribution in [0.5, 0.6) is 0 Å². The maximum Gasteiger partial charge on any atom is 0.251 e. The fraction of sp³-hybridized carbons (Fsp3) is 0.250. The lowest BCUT2D eigenvalue weighted by Gasteiger charge is -2.15. The van der Waals surface area contributed by atoms with Gasteiger partial charge in [0.15, 0.2) is 0 Å². The van der Waals surface area contributed by atoms with Crippen molar-refractivity contribution >= 4 is 44.5 Å². The van der Waals surface area contributed by atoms with Crippen molar-refractivity contribution in [2.75, 3.05) is 5.75 Å². The summed E-state index contributed by atoms with van der Waals surface area (Å²) in [4.78, 5) is 14.1. The van der Waals surface area contributed by atoms with E-state index in [1.54, 1.807) is 0 Å². The van der Waals surface area contributed by atoms with Crippen molar-refractivity contribution in [3.8, 4) is 0 Å². The van der Waals surface area contributed by atoms with Gasteiger partial charge < -0.3 is 9.88 Å². The molecule has 0 aliphatic rings. The van der Waals surface area contributed by atoms with Crippen LogP contribution in [0.1, 0.15) is 54.0 Å². The molecular formula is C28H29BrN2OS. The number of hydrogen-bond acceptors (Lipinski definition) is 2. The van der Waals surface area contributed by atoms with E-state index in [4.69, 9.17) is 0 Å². The largest absolute Gasteiger partial charge is 0.348 e. The number of amides is 1. The lowest BCUT2D eigenvalue weighted by atomic mass is 10.1. The van der Waals surface area contributed by atoms with Crippen LogP contribution in [0, 0.1) is 0 Å². The first-order valence-corrected chi connectivity index (χ1v) is 13.1. The van der Waals surface area contributed by atoms with Crippen molar-refractivity contribution < 1.29 is 4.79 Å². The van der Waals surface area contributed by atoms with Crippen LogP contribution < -0.4 is 5.32 Å². The van der Waals surface area contributed by atoms with Crippen LogP contribution in [-0.4, -0.2) is 16.2 Å². The molecule has 1 amide bonds. The Morgan fingerprint density at radius 3 is 2.33 bits per heavy atom. The molecule has 4 rings (SSSR count). The summed E-state index contributed by atoms with van der Waals surface area (Å²) in [6.45, 7) is 7.08. The van der Waals surface area contributed by atoms with Crippen molar-refractivity contribution in [3.63, 3.8) is 0 Å². The quantitative estimate of drug-likeness (QED) is 0.242. The first kappa shape index (κ1) is 23.7. The lowest BCUT2D eigenvalue weighted by Crippen LogP contribution is -2.22. The molecule has 5 heteroatoms. The van der Waals surface area contributed by atoms with E-state index in [0.29, 0.717) is 18.2 Å².